The van der Waals surface area contributed by atoms with Gasteiger partial charge in [0.2, 0.25) is 0 Å². The van der Waals surface area contributed by atoms with Gasteiger partial charge in [-0.2, -0.15) is 5.10 Å². The first-order chi connectivity index (χ1) is 6.75. The van der Waals surface area contributed by atoms with Gasteiger partial charge in [0.15, 0.2) is 0 Å². The van der Waals surface area contributed by atoms with Crippen LogP contribution in [0, 0.1) is 0 Å². The number of nitrogens with zero attached hydrogens (tertiary/aromatic N) is 3. The van der Waals surface area contributed by atoms with E-state index in [1.807, 2.05) is 10.9 Å². The molecule has 0 radical (unpaired) electrons. The van der Waals surface area contributed by atoms with Crippen LogP contribution in [0.2, 0.25) is 0 Å². The first kappa shape index (κ1) is 9.48. The topological polar surface area (TPSA) is 56.3 Å². The zero-order chi connectivity index (χ0) is 9.97. The predicted molar refractivity (Wildman–Crippen MR) is 53.9 cm³/mol. The van der Waals surface area contributed by atoms with Crippen LogP contribution >= 0.6 is 0 Å². The number of hydrogen-bond acceptors (Lipinski definition) is 4. The van der Waals surface area contributed by atoms with Gasteiger partial charge in [0.05, 0.1) is 37.7 Å². The molecule has 0 unspecified atom stereocenters. The van der Waals surface area contributed by atoms with E-state index in [4.69, 9.17) is 10.5 Å². The summed E-state index contributed by atoms with van der Waals surface area (Å²) in [6.07, 6.45) is 3.52. The summed E-state index contributed by atoms with van der Waals surface area (Å²) in [5.41, 5.74) is 6.30. The fourth-order valence-electron chi connectivity index (χ4n) is 1.63. The molecule has 1 aromatic rings. The SMILES string of the molecule is CN1CCOC[C@H]1Cn1cc(N)cn1. The lowest BCUT2D eigenvalue weighted by Gasteiger charge is -2.32. The zero-order valence-corrected chi connectivity index (χ0v) is 8.39. The van der Waals surface area contributed by atoms with E-state index < -0.39 is 0 Å². The molecule has 1 fully saturated rings. The van der Waals surface area contributed by atoms with Crippen LogP contribution in [0.3, 0.4) is 0 Å². The molecule has 5 heteroatoms. The second-order valence-electron chi connectivity index (χ2n) is 3.71. The lowest BCUT2D eigenvalue weighted by atomic mass is 10.2. The highest BCUT2D eigenvalue weighted by molar-refractivity contribution is 5.30. The maximum atomic E-state index is 5.59. The Bertz CT molecular complexity index is 299. The van der Waals surface area contributed by atoms with Gasteiger partial charge in [0, 0.05) is 12.7 Å². The van der Waals surface area contributed by atoms with Crippen LogP contribution in [0.15, 0.2) is 12.4 Å². The minimum atomic E-state index is 0.406. The van der Waals surface area contributed by atoms with Crippen molar-refractivity contribution in [1.82, 2.24) is 14.7 Å². The van der Waals surface area contributed by atoms with Crippen LogP contribution in [0.5, 0.6) is 0 Å². The van der Waals surface area contributed by atoms with Crippen LogP contribution in [0.25, 0.3) is 0 Å². The third-order valence-corrected chi connectivity index (χ3v) is 2.57. The van der Waals surface area contributed by atoms with Crippen molar-refractivity contribution >= 4 is 5.69 Å². The number of nitrogen functional groups attached to an aromatic ring is 1. The molecule has 2 rings (SSSR count). The van der Waals surface area contributed by atoms with Crippen LogP contribution in [-0.2, 0) is 11.3 Å². The predicted octanol–water partition coefficient (Wildman–Crippen LogP) is -0.204. The van der Waals surface area contributed by atoms with Crippen molar-refractivity contribution in [3.8, 4) is 0 Å². The van der Waals surface area contributed by atoms with Gasteiger partial charge >= 0.3 is 0 Å². The Labute approximate surface area is 83.4 Å². The maximum Gasteiger partial charge on any atom is 0.0719 e. The quantitative estimate of drug-likeness (QED) is 0.711. The molecular weight excluding hydrogens is 180 g/mol. The molecule has 2 heterocycles. The molecule has 0 saturated carbocycles. The van der Waals surface area contributed by atoms with Crippen LogP contribution in [-0.4, -0.2) is 47.5 Å². The largest absolute Gasteiger partial charge is 0.396 e. The highest BCUT2D eigenvalue weighted by atomic mass is 16.5. The van der Waals surface area contributed by atoms with Gasteiger partial charge in [-0.15, -0.1) is 0 Å². The Balaban J connectivity index is 1.95. The molecule has 1 aliphatic rings. The second-order valence-corrected chi connectivity index (χ2v) is 3.71. The third-order valence-electron chi connectivity index (χ3n) is 2.57. The van der Waals surface area contributed by atoms with Gasteiger partial charge in [0.25, 0.3) is 0 Å². The van der Waals surface area contributed by atoms with Crippen molar-refractivity contribution < 1.29 is 4.74 Å². The second kappa shape index (κ2) is 3.98. The number of nitrogens with two attached hydrogens (primary N) is 1. The molecule has 1 aliphatic heterocycles. The van der Waals surface area contributed by atoms with Gasteiger partial charge < -0.3 is 10.5 Å². The van der Waals surface area contributed by atoms with Crippen molar-refractivity contribution in [3.63, 3.8) is 0 Å². The summed E-state index contributed by atoms with van der Waals surface area (Å²) in [6, 6.07) is 0.406. The normalized spacial score (nSPS) is 23.9. The summed E-state index contributed by atoms with van der Waals surface area (Å²) >= 11 is 0. The van der Waals surface area contributed by atoms with Gasteiger partial charge in [-0.1, -0.05) is 0 Å². The molecule has 0 spiro atoms. The summed E-state index contributed by atoms with van der Waals surface area (Å²) in [5.74, 6) is 0. The first-order valence-corrected chi connectivity index (χ1v) is 4.81. The van der Waals surface area contributed by atoms with Crippen LogP contribution in [0.1, 0.15) is 0 Å². The third kappa shape index (κ3) is 2.05. The first-order valence-electron chi connectivity index (χ1n) is 4.81. The lowest BCUT2D eigenvalue weighted by Crippen LogP contribution is -2.45. The molecule has 78 valence electrons. The van der Waals surface area contributed by atoms with Gasteiger partial charge in [0.1, 0.15) is 0 Å². The van der Waals surface area contributed by atoms with Crippen molar-refractivity contribution in [2.24, 2.45) is 0 Å². The van der Waals surface area contributed by atoms with Gasteiger partial charge in [-0.05, 0) is 7.05 Å². The lowest BCUT2D eigenvalue weighted by molar-refractivity contribution is -0.00141. The number of anilines is 1. The molecule has 2 N–H and O–H groups in total. The van der Waals surface area contributed by atoms with Crippen LogP contribution in [0.4, 0.5) is 5.69 Å². The molecule has 0 bridgehead atoms. The molecule has 1 saturated heterocycles. The van der Waals surface area contributed by atoms with Gasteiger partial charge in [-0.25, -0.2) is 0 Å². The molecule has 0 aromatic carbocycles. The summed E-state index contributed by atoms with van der Waals surface area (Å²) in [5, 5.41) is 4.15. The minimum absolute atomic E-state index is 0.406. The Morgan fingerprint density at radius 3 is 3.21 bits per heavy atom. The smallest absolute Gasteiger partial charge is 0.0719 e. The average molecular weight is 196 g/mol. The summed E-state index contributed by atoms with van der Waals surface area (Å²) in [6.45, 7) is 3.43. The molecule has 0 amide bonds. The van der Waals surface area contributed by atoms with E-state index in [9.17, 15) is 0 Å². The van der Waals surface area contributed by atoms with E-state index in [0.29, 0.717) is 11.7 Å². The monoisotopic (exact) mass is 196 g/mol. The van der Waals surface area contributed by atoms with Crippen molar-refractivity contribution in [1.29, 1.82) is 0 Å². The number of rotatable bonds is 2. The summed E-state index contributed by atoms with van der Waals surface area (Å²) in [4.78, 5) is 2.29. The molecular formula is C9H16N4O. The summed E-state index contributed by atoms with van der Waals surface area (Å²) in [7, 11) is 2.11. The standard InChI is InChI=1S/C9H16N4O/c1-12-2-3-14-7-9(12)6-13-5-8(10)4-11-13/h4-5,9H,2-3,6-7,10H2,1H3/t9-/m1/s1. The van der Waals surface area contributed by atoms with Crippen molar-refractivity contribution in [2.45, 2.75) is 12.6 Å². The molecule has 1 atom stereocenters. The van der Waals surface area contributed by atoms with Crippen LogP contribution < -0.4 is 5.73 Å². The van der Waals surface area contributed by atoms with E-state index in [1.54, 1.807) is 6.20 Å². The highest BCUT2D eigenvalue weighted by Gasteiger charge is 2.19. The Hall–Kier alpha value is -1.07. The number of aromatic nitrogens is 2. The Morgan fingerprint density at radius 2 is 2.57 bits per heavy atom. The van der Waals surface area contributed by atoms with E-state index in [1.165, 1.54) is 0 Å². The maximum absolute atomic E-state index is 5.59. The van der Waals surface area contributed by atoms with E-state index in [-0.39, 0.29) is 0 Å². The highest BCUT2D eigenvalue weighted by Crippen LogP contribution is 2.07. The van der Waals surface area contributed by atoms with E-state index in [2.05, 4.69) is 17.0 Å². The van der Waals surface area contributed by atoms with Gasteiger partial charge in [-0.3, -0.25) is 9.58 Å². The van der Waals surface area contributed by atoms with Crippen molar-refractivity contribution in [3.05, 3.63) is 12.4 Å². The summed E-state index contributed by atoms with van der Waals surface area (Å²) < 4.78 is 7.28. The number of morpholine rings is 1. The average Bonchev–Trinajstić information content (AvgIpc) is 2.56. The number of likely N-dealkylation sites (N-methyl/N-ethyl adjacent to an activating group) is 1. The zero-order valence-electron chi connectivity index (χ0n) is 8.39. The fraction of sp³-hybridized carbons (Fsp3) is 0.667. The minimum Gasteiger partial charge on any atom is -0.396 e. The molecule has 0 aliphatic carbocycles. The number of ether oxygens (including phenoxy) is 1. The molecule has 5 nitrogen and oxygen atoms in total. The Morgan fingerprint density at radius 1 is 1.71 bits per heavy atom. The van der Waals surface area contributed by atoms with Crippen molar-refractivity contribution in [2.75, 3.05) is 32.5 Å². The van der Waals surface area contributed by atoms with E-state index >= 15 is 0 Å². The fourth-order valence-corrected chi connectivity index (χ4v) is 1.63. The van der Waals surface area contributed by atoms with E-state index in [0.717, 1.165) is 26.3 Å². The number of hydrogen-bond donors (Lipinski definition) is 1. The Kier molecular flexibility index (Phi) is 2.69. The molecule has 1 aromatic heterocycles. The molecule has 14 heavy (non-hydrogen) atoms.